The number of nitrogens with one attached hydrogen (secondary N) is 2. The minimum absolute atomic E-state index is 0.287. The summed E-state index contributed by atoms with van der Waals surface area (Å²) in [4.78, 5) is 50.8. The van der Waals surface area contributed by atoms with Crippen LogP contribution in [0.2, 0.25) is 0 Å². The lowest BCUT2D eigenvalue weighted by atomic mass is 9.85. The van der Waals surface area contributed by atoms with Gasteiger partial charge in [-0.2, -0.15) is 0 Å². The molecule has 164 valence electrons. The lowest BCUT2D eigenvalue weighted by molar-refractivity contribution is -0.142. The van der Waals surface area contributed by atoms with Gasteiger partial charge in [0.15, 0.2) is 0 Å². The van der Waals surface area contributed by atoms with E-state index >= 15 is 0 Å². The molecule has 0 bridgehead atoms. The molecular formula is C24H23N3O5. The molecule has 0 radical (unpaired) electrons. The quantitative estimate of drug-likeness (QED) is 0.538. The molecule has 2 unspecified atom stereocenters. The highest BCUT2D eigenvalue weighted by Crippen LogP contribution is 2.34. The predicted molar refractivity (Wildman–Crippen MR) is 118 cm³/mol. The van der Waals surface area contributed by atoms with E-state index in [1.165, 1.54) is 0 Å². The number of benzene rings is 2. The normalized spacial score (nSPS) is 19.5. The predicted octanol–water partition coefficient (Wildman–Crippen LogP) is 2.84. The Labute approximate surface area is 185 Å². The van der Waals surface area contributed by atoms with Crippen LogP contribution >= 0.6 is 0 Å². The summed E-state index contributed by atoms with van der Waals surface area (Å²) in [7, 11) is 1.57. The molecule has 0 aromatic heterocycles. The number of methoxy groups -OCH3 is 1. The number of amides is 4. The van der Waals surface area contributed by atoms with E-state index in [1.807, 2.05) is 12.2 Å². The van der Waals surface area contributed by atoms with Gasteiger partial charge in [0.2, 0.25) is 17.7 Å². The zero-order chi connectivity index (χ0) is 22.7. The van der Waals surface area contributed by atoms with E-state index in [9.17, 15) is 19.2 Å². The van der Waals surface area contributed by atoms with Crippen LogP contribution in [0.5, 0.6) is 5.75 Å². The van der Waals surface area contributed by atoms with E-state index in [0.29, 0.717) is 35.5 Å². The van der Waals surface area contributed by atoms with Crippen molar-refractivity contribution in [1.82, 2.24) is 4.90 Å². The van der Waals surface area contributed by atoms with E-state index in [-0.39, 0.29) is 36.1 Å². The second kappa shape index (κ2) is 9.05. The summed E-state index contributed by atoms with van der Waals surface area (Å²) in [6, 6.07) is 13.3. The van der Waals surface area contributed by atoms with Crippen LogP contribution in [0.1, 0.15) is 23.2 Å². The molecule has 1 saturated heterocycles. The van der Waals surface area contributed by atoms with Gasteiger partial charge in [-0.15, -0.1) is 0 Å². The van der Waals surface area contributed by atoms with Gasteiger partial charge >= 0.3 is 0 Å². The number of fused-ring (bicyclic) bond motifs is 1. The molecule has 1 heterocycles. The average molecular weight is 433 g/mol. The first kappa shape index (κ1) is 21.3. The molecule has 2 aromatic carbocycles. The topological polar surface area (TPSA) is 105 Å². The smallest absolute Gasteiger partial charge is 0.255 e. The summed E-state index contributed by atoms with van der Waals surface area (Å²) >= 11 is 0. The molecule has 0 spiro atoms. The van der Waals surface area contributed by atoms with Crippen LogP contribution in [0.25, 0.3) is 0 Å². The van der Waals surface area contributed by atoms with Crippen molar-refractivity contribution in [1.29, 1.82) is 0 Å². The number of imide groups is 1. The lowest BCUT2D eigenvalue weighted by Crippen LogP contribution is -2.38. The second-order valence-electron chi connectivity index (χ2n) is 7.73. The van der Waals surface area contributed by atoms with Gasteiger partial charge in [-0.05, 0) is 61.4 Å². The van der Waals surface area contributed by atoms with Crippen LogP contribution in [0.3, 0.4) is 0 Å². The van der Waals surface area contributed by atoms with E-state index in [0.717, 1.165) is 4.90 Å². The Balaban J connectivity index is 1.33. The molecule has 1 fully saturated rings. The molecule has 8 nitrogen and oxygen atoms in total. The first-order chi connectivity index (χ1) is 15.5. The Bertz CT molecular complexity index is 1050. The fourth-order valence-corrected chi connectivity index (χ4v) is 3.95. The summed E-state index contributed by atoms with van der Waals surface area (Å²) in [5.74, 6) is -1.36. The lowest BCUT2D eigenvalue weighted by Gasteiger charge is -2.14. The minimum Gasteiger partial charge on any atom is -0.497 e. The van der Waals surface area contributed by atoms with E-state index in [2.05, 4.69) is 10.6 Å². The van der Waals surface area contributed by atoms with Crippen LogP contribution < -0.4 is 15.4 Å². The standard InChI is InChI=1S/C24H23N3O5/c1-32-18-12-10-17(11-13-18)26-22(29)15-6-8-16(9-7-15)25-21(28)14-27-23(30)19-4-2-3-5-20(19)24(27)31/h2-3,6-13,19-20H,4-5,14H2,1H3,(H,25,28)(H,26,29). The summed E-state index contributed by atoms with van der Waals surface area (Å²) in [5, 5.41) is 5.46. The number of nitrogens with zero attached hydrogens (tertiary/aromatic N) is 1. The molecule has 2 aromatic rings. The van der Waals surface area contributed by atoms with Gasteiger partial charge in [-0.1, -0.05) is 12.2 Å². The molecule has 2 aliphatic rings. The third kappa shape index (κ3) is 4.39. The number of allylic oxidation sites excluding steroid dienone is 2. The number of rotatable bonds is 6. The van der Waals surface area contributed by atoms with Gasteiger partial charge in [0.1, 0.15) is 12.3 Å². The third-order valence-corrected chi connectivity index (χ3v) is 5.68. The third-order valence-electron chi connectivity index (χ3n) is 5.68. The van der Waals surface area contributed by atoms with E-state index in [4.69, 9.17) is 4.74 Å². The van der Waals surface area contributed by atoms with Gasteiger partial charge in [-0.25, -0.2) is 0 Å². The molecular weight excluding hydrogens is 410 g/mol. The van der Waals surface area contributed by atoms with Crippen molar-refractivity contribution in [2.75, 3.05) is 24.3 Å². The van der Waals surface area contributed by atoms with Gasteiger partial charge < -0.3 is 15.4 Å². The van der Waals surface area contributed by atoms with Crippen molar-refractivity contribution < 1.29 is 23.9 Å². The summed E-state index contributed by atoms with van der Waals surface area (Å²) in [5.41, 5.74) is 1.51. The monoisotopic (exact) mass is 433 g/mol. The Hall–Kier alpha value is -3.94. The number of anilines is 2. The fourth-order valence-electron chi connectivity index (χ4n) is 3.95. The number of hydrogen-bond acceptors (Lipinski definition) is 5. The fraction of sp³-hybridized carbons (Fsp3) is 0.250. The molecule has 2 atom stereocenters. The zero-order valence-electron chi connectivity index (χ0n) is 17.5. The summed E-state index contributed by atoms with van der Waals surface area (Å²) < 4.78 is 5.09. The molecule has 2 N–H and O–H groups in total. The van der Waals surface area contributed by atoms with E-state index in [1.54, 1.807) is 55.6 Å². The summed E-state index contributed by atoms with van der Waals surface area (Å²) in [6.45, 7) is -0.315. The Morgan fingerprint density at radius 3 is 1.97 bits per heavy atom. The van der Waals surface area contributed by atoms with E-state index < -0.39 is 5.91 Å². The highest BCUT2D eigenvalue weighted by atomic mass is 16.5. The molecule has 1 aliphatic carbocycles. The Kier molecular flexibility index (Phi) is 6.02. The number of ether oxygens (including phenoxy) is 1. The maximum absolute atomic E-state index is 12.5. The molecule has 0 saturated carbocycles. The number of carbonyl (C=O) groups excluding carboxylic acids is 4. The zero-order valence-corrected chi connectivity index (χ0v) is 17.5. The highest BCUT2D eigenvalue weighted by molar-refractivity contribution is 6.09. The maximum Gasteiger partial charge on any atom is 0.255 e. The van der Waals surface area contributed by atoms with Crippen LogP contribution in [-0.2, 0) is 14.4 Å². The van der Waals surface area contributed by atoms with Gasteiger partial charge in [-0.3, -0.25) is 24.1 Å². The number of carbonyl (C=O) groups is 4. The number of hydrogen-bond donors (Lipinski definition) is 2. The molecule has 4 amide bonds. The Morgan fingerprint density at radius 1 is 0.875 bits per heavy atom. The van der Waals surface area contributed by atoms with Crippen molar-refractivity contribution in [3.63, 3.8) is 0 Å². The minimum atomic E-state index is -0.464. The van der Waals surface area contributed by atoms with Gasteiger partial charge in [0, 0.05) is 16.9 Å². The first-order valence-electron chi connectivity index (χ1n) is 10.3. The largest absolute Gasteiger partial charge is 0.497 e. The first-order valence-corrected chi connectivity index (χ1v) is 10.3. The van der Waals surface area contributed by atoms with Crippen molar-refractivity contribution in [3.05, 3.63) is 66.2 Å². The maximum atomic E-state index is 12.5. The van der Waals surface area contributed by atoms with Crippen molar-refractivity contribution in [2.45, 2.75) is 12.8 Å². The molecule has 1 aliphatic heterocycles. The molecule has 32 heavy (non-hydrogen) atoms. The van der Waals surface area contributed by atoms with Crippen LogP contribution in [0.4, 0.5) is 11.4 Å². The number of likely N-dealkylation sites (tertiary alicyclic amines) is 1. The van der Waals surface area contributed by atoms with Crippen LogP contribution in [0, 0.1) is 11.8 Å². The van der Waals surface area contributed by atoms with Crippen molar-refractivity contribution in [2.24, 2.45) is 11.8 Å². The van der Waals surface area contributed by atoms with Crippen LogP contribution in [-0.4, -0.2) is 42.2 Å². The summed E-state index contributed by atoms with van der Waals surface area (Å²) in [6.07, 6.45) is 4.88. The van der Waals surface area contributed by atoms with Crippen LogP contribution in [0.15, 0.2) is 60.7 Å². The average Bonchev–Trinajstić information content (AvgIpc) is 3.05. The van der Waals surface area contributed by atoms with Crippen molar-refractivity contribution >= 4 is 35.0 Å². The van der Waals surface area contributed by atoms with Crippen molar-refractivity contribution in [3.8, 4) is 5.75 Å². The highest BCUT2D eigenvalue weighted by Gasteiger charge is 2.47. The van der Waals surface area contributed by atoms with Gasteiger partial charge in [0.25, 0.3) is 5.91 Å². The van der Waals surface area contributed by atoms with Gasteiger partial charge in [0.05, 0.1) is 18.9 Å². The molecule has 4 rings (SSSR count). The molecule has 8 heteroatoms. The SMILES string of the molecule is COc1ccc(NC(=O)c2ccc(NC(=O)CN3C(=O)C4CC=CCC4C3=O)cc2)cc1. The second-order valence-corrected chi connectivity index (χ2v) is 7.73. The Morgan fingerprint density at radius 2 is 1.41 bits per heavy atom.